The minimum absolute atomic E-state index is 0.123. The van der Waals surface area contributed by atoms with E-state index < -0.39 is 21.6 Å². The van der Waals surface area contributed by atoms with Crippen molar-refractivity contribution in [2.24, 2.45) is 0 Å². The van der Waals surface area contributed by atoms with Crippen LogP contribution in [0.25, 0.3) is 0 Å². The summed E-state index contributed by atoms with van der Waals surface area (Å²) in [5, 5.41) is 17.9. The Bertz CT molecular complexity index is 661. The fourth-order valence-electron chi connectivity index (χ4n) is 2.21. The van der Waals surface area contributed by atoms with Crippen LogP contribution in [-0.4, -0.2) is 25.9 Å². The van der Waals surface area contributed by atoms with Gasteiger partial charge in [0.1, 0.15) is 0 Å². The number of aromatic carboxylic acids is 2. The second-order valence-electron chi connectivity index (χ2n) is 4.83. The Hall–Kier alpha value is -1.75. The minimum Gasteiger partial charge on any atom is -0.478 e. The first kappa shape index (κ1) is 17.6. The maximum absolute atomic E-state index is 10.9. The van der Waals surface area contributed by atoms with Crippen LogP contribution in [0.15, 0.2) is 48.5 Å². The molecule has 0 amide bonds. The molecule has 0 aliphatic carbocycles. The van der Waals surface area contributed by atoms with Crippen molar-refractivity contribution in [1.82, 2.24) is 0 Å². The van der Waals surface area contributed by atoms with Gasteiger partial charge in [0.15, 0.2) is 0 Å². The van der Waals surface area contributed by atoms with E-state index in [1.54, 1.807) is 24.3 Å². The molecule has 2 aromatic rings. The average Bonchev–Trinajstić information content (AvgIpc) is 2.47. The highest BCUT2D eigenvalue weighted by molar-refractivity contribution is 6.68. The van der Waals surface area contributed by atoms with Gasteiger partial charge in [-0.2, -0.15) is 0 Å². The first-order valence-corrected chi connectivity index (χ1v) is 7.57. The van der Waals surface area contributed by atoms with E-state index in [0.29, 0.717) is 11.1 Å². The molecule has 23 heavy (non-hydrogen) atoms. The van der Waals surface area contributed by atoms with Crippen LogP contribution in [-0.2, 0) is 0 Å². The van der Waals surface area contributed by atoms with Crippen molar-refractivity contribution in [3.05, 3.63) is 70.8 Å². The lowest BCUT2D eigenvalue weighted by atomic mass is 9.91. The van der Waals surface area contributed by atoms with Crippen LogP contribution in [0.2, 0.25) is 0 Å². The second-order valence-corrected chi connectivity index (χ2v) is 7.20. The number of alkyl halides is 3. The predicted octanol–water partition coefficient (Wildman–Crippen LogP) is 4.59. The highest BCUT2D eigenvalue weighted by atomic mass is 35.6. The van der Waals surface area contributed by atoms with Gasteiger partial charge < -0.3 is 10.2 Å². The lowest BCUT2D eigenvalue weighted by Gasteiger charge is -2.25. The van der Waals surface area contributed by atoms with Crippen molar-refractivity contribution in [2.75, 3.05) is 0 Å². The lowest BCUT2D eigenvalue weighted by Crippen LogP contribution is -2.19. The molecule has 0 aliphatic rings. The number of benzene rings is 2. The van der Waals surface area contributed by atoms with E-state index >= 15 is 0 Å². The summed E-state index contributed by atoms with van der Waals surface area (Å²) in [5.41, 5.74) is 1.47. The number of hydrogen-bond donors (Lipinski definition) is 2. The van der Waals surface area contributed by atoms with Crippen LogP contribution in [0.5, 0.6) is 0 Å². The van der Waals surface area contributed by atoms with Gasteiger partial charge in [-0.3, -0.25) is 0 Å². The number of carboxylic acids is 2. The summed E-state index contributed by atoms with van der Waals surface area (Å²) in [7, 11) is 0. The Morgan fingerprint density at radius 2 is 1.04 bits per heavy atom. The Morgan fingerprint density at radius 1 is 0.739 bits per heavy atom. The third kappa shape index (κ3) is 4.16. The van der Waals surface area contributed by atoms with Crippen LogP contribution in [0, 0.1) is 0 Å². The topological polar surface area (TPSA) is 74.6 Å². The molecule has 2 N–H and O–H groups in total. The van der Waals surface area contributed by atoms with Crippen molar-refractivity contribution in [3.8, 4) is 0 Å². The molecule has 0 atom stereocenters. The van der Waals surface area contributed by atoms with E-state index in [2.05, 4.69) is 0 Å². The zero-order chi connectivity index (χ0) is 17.2. The van der Waals surface area contributed by atoms with Crippen LogP contribution in [0.4, 0.5) is 0 Å². The molecule has 0 saturated carbocycles. The number of carboxylic acid groups (broad SMARTS) is 2. The highest BCUT2D eigenvalue weighted by Gasteiger charge is 2.35. The summed E-state index contributed by atoms with van der Waals surface area (Å²) in [6.45, 7) is 0. The fourth-order valence-corrected chi connectivity index (χ4v) is 2.96. The molecule has 7 heteroatoms. The van der Waals surface area contributed by atoms with Gasteiger partial charge in [-0.25, -0.2) is 9.59 Å². The van der Waals surface area contributed by atoms with E-state index in [9.17, 15) is 9.59 Å². The molecule has 0 saturated heterocycles. The van der Waals surface area contributed by atoms with Crippen LogP contribution in [0.3, 0.4) is 0 Å². The quantitative estimate of drug-likeness (QED) is 0.769. The molecule has 0 radical (unpaired) electrons. The zero-order valence-corrected chi connectivity index (χ0v) is 13.8. The summed E-state index contributed by atoms with van der Waals surface area (Å²) in [4.78, 5) is 21.8. The fraction of sp³-hybridized carbons (Fsp3) is 0.125. The normalized spacial score (nSPS) is 11.5. The van der Waals surface area contributed by atoms with Gasteiger partial charge >= 0.3 is 11.9 Å². The number of rotatable bonds is 4. The van der Waals surface area contributed by atoms with Gasteiger partial charge in [-0.1, -0.05) is 59.1 Å². The molecule has 0 aromatic heterocycles. The van der Waals surface area contributed by atoms with Gasteiger partial charge in [0.2, 0.25) is 3.79 Å². The van der Waals surface area contributed by atoms with E-state index in [1.807, 2.05) is 0 Å². The van der Waals surface area contributed by atoms with Crippen LogP contribution < -0.4 is 0 Å². The van der Waals surface area contributed by atoms with Gasteiger partial charge in [0.05, 0.1) is 17.0 Å². The first-order chi connectivity index (χ1) is 10.7. The summed E-state index contributed by atoms with van der Waals surface area (Å²) in [6.07, 6.45) is 0. The van der Waals surface area contributed by atoms with Crippen molar-refractivity contribution in [2.45, 2.75) is 9.71 Å². The Labute approximate surface area is 147 Å². The van der Waals surface area contributed by atoms with E-state index in [1.165, 1.54) is 24.3 Å². The molecule has 0 aliphatic heterocycles. The average molecular weight is 374 g/mol. The molecule has 0 heterocycles. The molecule has 0 bridgehead atoms. The Morgan fingerprint density at radius 3 is 1.26 bits per heavy atom. The minimum atomic E-state index is -1.69. The van der Waals surface area contributed by atoms with Crippen LogP contribution in [0.1, 0.15) is 37.8 Å². The second kappa shape index (κ2) is 6.79. The summed E-state index contributed by atoms with van der Waals surface area (Å²) in [5.74, 6) is -2.77. The Kier molecular flexibility index (Phi) is 5.19. The van der Waals surface area contributed by atoms with Crippen molar-refractivity contribution in [1.29, 1.82) is 0 Å². The smallest absolute Gasteiger partial charge is 0.335 e. The third-order valence-corrected chi connectivity index (χ3v) is 3.96. The lowest BCUT2D eigenvalue weighted by molar-refractivity contribution is 0.0686. The number of carbonyl (C=O) groups is 2. The SMILES string of the molecule is O=C(O)c1ccc(C(c2ccc(C(=O)O)cc2)C(Cl)(Cl)Cl)cc1. The van der Waals surface area contributed by atoms with E-state index in [0.717, 1.165) is 0 Å². The molecular weight excluding hydrogens is 363 g/mol. The largest absolute Gasteiger partial charge is 0.478 e. The third-order valence-electron chi connectivity index (χ3n) is 3.31. The van der Waals surface area contributed by atoms with E-state index in [-0.39, 0.29) is 11.1 Å². The van der Waals surface area contributed by atoms with Gasteiger partial charge in [0.25, 0.3) is 0 Å². The summed E-state index contributed by atoms with van der Waals surface area (Å²) >= 11 is 18.2. The van der Waals surface area contributed by atoms with Gasteiger partial charge in [-0.05, 0) is 35.4 Å². The number of halogens is 3. The molecule has 0 fully saturated rings. The highest BCUT2D eigenvalue weighted by Crippen LogP contribution is 2.45. The maximum Gasteiger partial charge on any atom is 0.335 e. The van der Waals surface area contributed by atoms with Crippen molar-refractivity contribution in [3.63, 3.8) is 0 Å². The molecular formula is C16H11Cl3O4. The summed E-state index contributed by atoms with van der Waals surface area (Å²) < 4.78 is -1.69. The maximum atomic E-state index is 10.9. The number of hydrogen-bond acceptors (Lipinski definition) is 2. The van der Waals surface area contributed by atoms with Gasteiger partial charge in [0, 0.05) is 0 Å². The molecule has 2 rings (SSSR count). The predicted molar refractivity (Wildman–Crippen MR) is 88.9 cm³/mol. The van der Waals surface area contributed by atoms with Crippen molar-refractivity contribution >= 4 is 46.7 Å². The van der Waals surface area contributed by atoms with Crippen molar-refractivity contribution < 1.29 is 19.8 Å². The standard InChI is InChI=1S/C16H11Cl3O4/c17-16(18,19)13(9-1-5-11(6-2-9)14(20)21)10-3-7-12(8-4-10)15(22)23/h1-8,13H,(H,20,21)(H,22,23). The summed E-state index contributed by atoms with van der Waals surface area (Å²) in [6, 6.07) is 12.0. The van der Waals surface area contributed by atoms with Gasteiger partial charge in [-0.15, -0.1) is 0 Å². The Balaban J connectivity index is 2.45. The zero-order valence-electron chi connectivity index (χ0n) is 11.5. The molecule has 0 unspecified atom stereocenters. The first-order valence-electron chi connectivity index (χ1n) is 6.43. The van der Waals surface area contributed by atoms with E-state index in [4.69, 9.17) is 45.0 Å². The molecule has 120 valence electrons. The molecule has 0 spiro atoms. The van der Waals surface area contributed by atoms with Crippen LogP contribution >= 0.6 is 34.8 Å². The monoisotopic (exact) mass is 372 g/mol. The molecule has 2 aromatic carbocycles. The molecule has 4 nitrogen and oxygen atoms in total.